The SMILES string of the molecule is COc1ccc(OC)c([C@H](C)NC(=O)COC(=O)c2cc[n+]([O-])cc2)c1. The Labute approximate surface area is 150 Å². The number of hydrogen-bond donors (Lipinski definition) is 1. The van der Waals surface area contributed by atoms with Crippen LogP contribution < -0.4 is 19.5 Å². The summed E-state index contributed by atoms with van der Waals surface area (Å²) in [6.45, 7) is 1.34. The number of aromatic nitrogens is 1. The molecule has 0 unspecified atom stereocenters. The Morgan fingerprint density at radius 2 is 1.85 bits per heavy atom. The molecule has 1 atom stereocenters. The van der Waals surface area contributed by atoms with E-state index in [9.17, 15) is 14.8 Å². The Morgan fingerprint density at radius 3 is 2.46 bits per heavy atom. The van der Waals surface area contributed by atoms with Crippen LogP contribution in [0, 0.1) is 5.21 Å². The number of methoxy groups -OCH3 is 2. The minimum Gasteiger partial charge on any atom is -0.619 e. The molecule has 0 fully saturated rings. The molecule has 1 aromatic carbocycles. The van der Waals surface area contributed by atoms with E-state index < -0.39 is 18.5 Å². The smallest absolute Gasteiger partial charge is 0.339 e. The Hall–Kier alpha value is -3.29. The summed E-state index contributed by atoms with van der Waals surface area (Å²) in [6.07, 6.45) is 2.35. The van der Waals surface area contributed by atoms with Gasteiger partial charge in [-0.25, -0.2) is 4.79 Å². The van der Waals surface area contributed by atoms with E-state index >= 15 is 0 Å². The first kappa shape index (κ1) is 19.0. The summed E-state index contributed by atoms with van der Waals surface area (Å²) in [4.78, 5) is 23.9. The van der Waals surface area contributed by atoms with Gasteiger partial charge in [-0.1, -0.05) is 0 Å². The van der Waals surface area contributed by atoms with Crippen LogP contribution in [0.2, 0.25) is 0 Å². The zero-order valence-corrected chi connectivity index (χ0v) is 14.7. The molecule has 0 radical (unpaired) electrons. The molecule has 0 aliphatic heterocycles. The fourth-order valence-corrected chi connectivity index (χ4v) is 2.30. The van der Waals surface area contributed by atoms with Crippen molar-refractivity contribution in [2.24, 2.45) is 0 Å². The summed E-state index contributed by atoms with van der Waals surface area (Å²) in [5.41, 5.74) is 0.919. The van der Waals surface area contributed by atoms with Crippen LogP contribution in [0.15, 0.2) is 42.7 Å². The fraction of sp³-hybridized carbons (Fsp3) is 0.278. The van der Waals surface area contributed by atoms with Crippen LogP contribution in [0.3, 0.4) is 0 Å². The van der Waals surface area contributed by atoms with Gasteiger partial charge in [0.1, 0.15) is 11.5 Å². The van der Waals surface area contributed by atoms with Crippen LogP contribution >= 0.6 is 0 Å². The van der Waals surface area contributed by atoms with E-state index in [0.717, 1.165) is 5.56 Å². The summed E-state index contributed by atoms with van der Waals surface area (Å²) in [6, 6.07) is 7.51. The zero-order chi connectivity index (χ0) is 19.1. The topological polar surface area (TPSA) is 101 Å². The van der Waals surface area contributed by atoms with Crippen LogP contribution in [0.4, 0.5) is 0 Å². The first-order valence-corrected chi connectivity index (χ1v) is 7.82. The zero-order valence-electron chi connectivity index (χ0n) is 14.7. The predicted molar refractivity (Wildman–Crippen MR) is 91.8 cm³/mol. The quantitative estimate of drug-likeness (QED) is 0.455. The average molecular weight is 360 g/mol. The third-order valence-electron chi connectivity index (χ3n) is 3.65. The molecule has 2 rings (SSSR count). The van der Waals surface area contributed by atoms with E-state index in [2.05, 4.69) is 5.32 Å². The van der Waals surface area contributed by atoms with Gasteiger partial charge in [0.2, 0.25) is 0 Å². The molecule has 8 nitrogen and oxygen atoms in total. The van der Waals surface area contributed by atoms with E-state index in [-0.39, 0.29) is 11.6 Å². The molecule has 1 N–H and O–H groups in total. The maximum absolute atomic E-state index is 12.1. The normalized spacial score (nSPS) is 11.3. The molecule has 0 saturated carbocycles. The second-order valence-electron chi connectivity index (χ2n) is 5.42. The first-order chi connectivity index (χ1) is 12.4. The van der Waals surface area contributed by atoms with Crippen LogP contribution in [0.1, 0.15) is 28.9 Å². The average Bonchev–Trinajstić information content (AvgIpc) is 2.66. The van der Waals surface area contributed by atoms with Crippen LogP contribution in [-0.2, 0) is 9.53 Å². The first-order valence-electron chi connectivity index (χ1n) is 7.82. The van der Waals surface area contributed by atoms with Gasteiger partial charge in [-0.3, -0.25) is 4.79 Å². The summed E-state index contributed by atoms with van der Waals surface area (Å²) >= 11 is 0. The van der Waals surface area contributed by atoms with Crippen molar-refractivity contribution in [3.05, 3.63) is 59.1 Å². The third kappa shape index (κ3) is 4.85. The minimum absolute atomic E-state index is 0.187. The number of hydrogen-bond acceptors (Lipinski definition) is 6. The highest BCUT2D eigenvalue weighted by Crippen LogP contribution is 2.29. The highest BCUT2D eigenvalue weighted by Gasteiger charge is 2.17. The molecule has 0 aliphatic carbocycles. The highest BCUT2D eigenvalue weighted by atomic mass is 16.5. The van der Waals surface area contributed by atoms with Gasteiger partial charge in [0.15, 0.2) is 19.0 Å². The van der Waals surface area contributed by atoms with Crippen LogP contribution in [0.25, 0.3) is 0 Å². The molecule has 0 saturated heterocycles. The third-order valence-corrected chi connectivity index (χ3v) is 3.65. The summed E-state index contributed by atoms with van der Waals surface area (Å²) in [5.74, 6) is 0.0803. The summed E-state index contributed by atoms with van der Waals surface area (Å²) < 4.78 is 16.0. The van der Waals surface area contributed by atoms with Gasteiger partial charge in [-0.05, 0) is 25.1 Å². The fourth-order valence-electron chi connectivity index (χ4n) is 2.30. The number of pyridine rings is 1. The highest BCUT2D eigenvalue weighted by molar-refractivity contribution is 5.91. The number of nitrogens with one attached hydrogen (secondary N) is 1. The standard InChI is InChI=1S/C18H20N2O6/c1-12(15-10-14(24-2)4-5-16(15)25-3)19-17(21)11-26-18(22)13-6-8-20(23)9-7-13/h4-10,12H,11H2,1-3H3,(H,19,21)/t12-/m0/s1. The number of esters is 1. The molecule has 1 aromatic heterocycles. The number of rotatable bonds is 7. The largest absolute Gasteiger partial charge is 0.619 e. The molecular formula is C18H20N2O6. The van der Waals surface area contributed by atoms with Crippen molar-refractivity contribution >= 4 is 11.9 Å². The second-order valence-corrected chi connectivity index (χ2v) is 5.42. The maximum atomic E-state index is 12.1. The minimum atomic E-state index is -0.688. The monoisotopic (exact) mass is 360 g/mol. The summed E-state index contributed by atoms with van der Waals surface area (Å²) in [7, 11) is 3.08. The van der Waals surface area contributed by atoms with Crippen molar-refractivity contribution in [1.82, 2.24) is 5.32 Å². The van der Waals surface area contributed by atoms with Crippen molar-refractivity contribution in [1.29, 1.82) is 0 Å². The number of ether oxygens (including phenoxy) is 3. The number of nitrogens with zero attached hydrogens (tertiary/aromatic N) is 1. The van der Waals surface area contributed by atoms with Crippen molar-refractivity contribution in [2.75, 3.05) is 20.8 Å². The molecule has 0 bridgehead atoms. The van der Waals surface area contributed by atoms with Gasteiger partial charge in [0.25, 0.3) is 5.91 Å². The van der Waals surface area contributed by atoms with E-state index in [1.807, 2.05) is 0 Å². The molecule has 0 aliphatic rings. The number of amides is 1. The van der Waals surface area contributed by atoms with Gasteiger partial charge < -0.3 is 24.7 Å². The van der Waals surface area contributed by atoms with Crippen molar-refractivity contribution in [3.63, 3.8) is 0 Å². The van der Waals surface area contributed by atoms with E-state index in [1.54, 1.807) is 32.2 Å². The van der Waals surface area contributed by atoms with Crippen molar-refractivity contribution in [2.45, 2.75) is 13.0 Å². The van der Waals surface area contributed by atoms with Crippen molar-refractivity contribution < 1.29 is 28.5 Å². The van der Waals surface area contributed by atoms with Gasteiger partial charge in [0, 0.05) is 17.7 Å². The molecule has 26 heavy (non-hydrogen) atoms. The molecule has 138 valence electrons. The van der Waals surface area contributed by atoms with Gasteiger partial charge in [0.05, 0.1) is 25.8 Å². The van der Waals surface area contributed by atoms with E-state index in [1.165, 1.54) is 31.6 Å². The van der Waals surface area contributed by atoms with Gasteiger partial charge in [-0.15, -0.1) is 0 Å². The molecular weight excluding hydrogens is 340 g/mol. The lowest BCUT2D eigenvalue weighted by molar-refractivity contribution is -0.605. The number of benzene rings is 1. The van der Waals surface area contributed by atoms with E-state index in [0.29, 0.717) is 16.2 Å². The Kier molecular flexibility index (Phi) is 6.37. The Balaban J connectivity index is 1.95. The molecule has 0 spiro atoms. The number of carbonyl (C=O) groups is 2. The molecule has 8 heteroatoms. The summed E-state index contributed by atoms with van der Waals surface area (Å²) in [5, 5.41) is 13.7. The number of carbonyl (C=O) groups excluding carboxylic acids is 2. The van der Waals surface area contributed by atoms with Gasteiger partial charge in [-0.2, -0.15) is 4.73 Å². The lowest BCUT2D eigenvalue weighted by atomic mass is 10.1. The Bertz CT molecular complexity index is 776. The lowest BCUT2D eigenvalue weighted by Crippen LogP contribution is -2.31. The van der Waals surface area contributed by atoms with Crippen LogP contribution in [-0.4, -0.2) is 32.7 Å². The molecule has 1 amide bonds. The predicted octanol–water partition coefficient (Wildman–Crippen LogP) is 1.37. The lowest BCUT2D eigenvalue weighted by Gasteiger charge is -2.18. The molecule has 2 aromatic rings. The second kappa shape index (κ2) is 8.70. The van der Waals surface area contributed by atoms with Crippen molar-refractivity contribution in [3.8, 4) is 11.5 Å². The maximum Gasteiger partial charge on any atom is 0.339 e. The molecule has 1 heterocycles. The van der Waals surface area contributed by atoms with E-state index in [4.69, 9.17) is 14.2 Å². The van der Waals surface area contributed by atoms with Gasteiger partial charge >= 0.3 is 5.97 Å². The Morgan fingerprint density at radius 1 is 1.15 bits per heavy atom. The van der Waals surface area contributed by atoms with Crippen LogP contribution in [0.5, 0.6) is 11.5 Å².